The molecule has 2 aromatic heterocycles. The van der Waals surface area contributed by atoms with E-state index in [2.05, 4.69) is 108 Å². The first-order chi connectivity index (χ1) is 16.8. The predicted octanol–water partition coefficient (Wildman–Crippen LogP) is 8.69. The number of hydrogen-bond donors (Lipinski definition) is 0. The zero-order chi connectivity index (χ0) is 22.6. The lowest BCUT2D eigenvalue weighted by Crippen LogP contribution is -1.99. The molecule has 0 amide bonds. The lowest BCUT2D eigenvalue weighted by molar-refractivity contribution is 1.18. The number of hydrogen-bond acceptors (Lipinski definition) is 2. The second-order valence-corrected chi connectivity index (χ2v) is 9.54. The number of benzene rings is 5. The fourth-order valence-corrected chi connectivity index (χ4v) is 6.40. The van der Waals surface area contributed by atoms with Gasteiger partial charge in [0.05, 0.1) is 28.4 Å². The van der Waals surface area contributed by atoms with Gasteiger partial charge in [-0.05, 0) is 42.0 Å². The maximum absolute atomic E-state index is 10.2. The Morgan fingerprint density at radius 1 is 0.588 bits per heavy atom. The molecule has 3 heteroatoms. The Bertz CT molecular complexity index is 1880. The number of fused-ring (bicyclic) bond motifs is 6. The summed E-state index contributed by atoms with van der Waals surface area (Å²) in [6.45, 7) is 0. The van der Waals surface area contributed by atoms with Crippen molar-refractivity contribution in [3.8, 4) is 22.9 Å². The van der Waals surface area contributed by atoms with Crippen LogP contribution < -0.4 is 0 Å². The molecule has 2 nitrogen and oxygen atoms in total. The van der Waals surface area contributed by atoms with E-state index < -0.39 is 0 Å². The van der Waals surface area contributed by atoms with Crippen LogP contribution in [0, 0.1) is 11.3 Å². The van der Waals surface area contributed by atoms with Gasteiger partial charge in [0, 0.05) is 36.5 Å². The minimum Gasteiger partial charge on any atom is -0.309 e. The van der Waals surface area contributed by atoms with Crippen molar-refractivity contribution in [3.05, 3.63) is 115 Å². The summed E-state index contributed by atoms with van der Waals surface area (Å²) in [6, 6.07) is 40.6. The van der Waals surface area contributed by atoms with Crippen molar-refractivity contribution in [2.24, 2.45) is 0 Å². The van der Waals surface area contributed by atoms with Gasteiger partial charge < -0.3 is 4.57 Å². The summed E-state index contributed by atoms with van der Waals surface area (Å²) < 4.78 is 4.81. The van der Waals surface area contributed by atoms with Crippen LogP contribution in [0.5, 0.6) is 0 Å². The zero-order valence-corrected chi connectivity index (χ0v) is 19.0. The average Bonchev–Trinajstić information content (AvgIpc) is 3.44. The van der Waals surface area contributed by atoms with Crippen molar-refractivity contribution in [2.45, 2.75) is 0 Å². The normalized spacial score (nSPS) is 11.5. The number of thiophene rings is 1. The summed E-state index contributed by atoms with van der Waals surface area (Å²) in [6.07, 6.45) is 0. The van der Waals surface area contributed by atoms with Gasteiger partial charge in [0.25, 0.3) is 0 Å². The van der Waals surface area contributed by atoms with Gasteiger partial charge in [-0.25, -0.2) is 0 Å². The Morgan fingerprint density at radius 3 is 1.94 bits per heavy atom. The van der Waals surface area contributed by atoms with Gasteiger partial charge in [-0.15, -0.1) is 11.3 Å². The fraction of sp³-hybridized carbons (Fsp3) is 0. The third-order valence-electron chi connectivity index (χ3n) is 6.66. The Balaban J connectivity index is 1.67. The molecule has 0 atom stereocenters. The molecule has 0 saturated heterocycles. The van der Waals surface area contributed by atoms with Gasteiger partial charge in [-0.1, -0.05) is 72.8 Å². The lowest BCUT2D eigenvalue weighted by atomic mass is 9.94. The van der Waals surface area contributed by atoms with Crippen LogP contribution in [0.1, 0.15) is 5.56 Å². The van der Waals surface area contributed by atoms with Crippen molar-refractivity contribution in [3.63, 3.8) is 0 Å². The first kappa shape index (κ1) is 19.1. The van der Waals surface area contributed by atoms with Crippen LogP contribution in [0.15, 0.2) is 109 Å². The van der Waals surface area contributed by atoms with Crippen LogP contribution in [-0.2, 0) is 0 Å². The van der Waals surface area contributed by atoms with Crippen LogP contribution in [-0.4, -0.2) is 4.57 Å². The second kappa shape index (κ2) is 7.31. The molecule has 0 N–H and O–H groups in total. The molecule has 0 radical (unpaired) electrons. The maximum atomic E-state index is 10.2. The number of nitriles is 1. The van der Waals surface area contributed by atoms with E-state index in [4.69, 9.17) is 0 Å². The van der Waals surface area contributed by atoms with Gasteiger partial charge in [0.1, 0.15) is 0 Å². The Kier molecular flexibility index (Phi) is 4.11. The molecule has 2 heterocycles. The summed E-state index contributed by atoms with van der Waals surface area (Å²) in [5.41, 5.74) is 6.07. The van der Waals surface area contributed by atoms with Crippen LogP contribution in [0.4, 0.5) is 0 Å². The minimum atomic E-state index is 0.683. The summed E-state index contributed by atoms with van der Waals surface area (Å²) >= 11 is 1.80. The van der Waals surface area contributed by atoms with E-state index in [-0.39, 0.29) is 0 Å². The van der Waals surface area contributed by atoms with E-state index in [0.717, 1.165) is 27.8 Å². The SMILES string of the molecule is N#Cc1cccc(-n2c3ccccc3c3ccccc32)c1-c1cccc2sc3ccccc3c12. The van der Waals surface area contributed by atoms with Crippen molar-refractivity contribution in [1.29, 1.82) is 5.26 Å². The Morgan fingerprint density at radius 2 is 1.21 bits per heavy atom. The molecular formula is C31H18N2S. The van der Waals surface area contributed by atoms with Crippen molar-refractivity contribution >= 4 is 53.3 Å². The molecule has 0 aliphatic heterocycles. The van der Waals surface area contributed by atoms with E-state index >= 15 is 0 Å². The molecule has 0 bridgehead atoms. The Labute approximate surface area is 200 Å². The molecule has 34 heavy (non-hydrogen) atoms. The lowest BCUT2D eigenvalue weighted by Gasteiger charge is -2.16. The van der Waals surface area contributed by atoms with Crippen LogP contribution in [0.2, 0.25) is 0 Å². The second-order valence-electron chi connectivity index (χ2n) is 8.46. The molecule has 0 spiro atoms. The first-order valence-electron chi connectivity index (χ1n) is 11.3. The molecule has 158 valence electrons. The van der Waals surface area contributed by atoms with Crippen molar-refractivity contribution in [2.75, 3.05) is 0 Å². The van der Waals surface area contributed by atoms with E-state index in [0.29, 0.717) is 5.56 Å². The molecule has 5 aromatic carbocycles. The third kappa shape index (κ3) is 2.61. The molecule has 0 aliphatic rings. The quantitative estimate of drug-likeness (QED) is 0.259. The van der Waals surface area contributed by atoms with Crippen LogP contribution >= 0.6 is 11.3 Å². The van der Waals surface area contributed by atoms with Gasteiger partial charge in [-0.3, -0.25) is 0 Å². The molecule has 0 fully saturated rings. The van der Waals surface area contributed by atoms with Gasteiger partial charge >= 0.3 is 0 Å². The fourth-order valence-electron chi connectivity index (χ4n) is 5.27. The van der Waals surface area contributed by atoms with E-state index in [1.54, 1.807) is 11.3 Å². The highest BCUT2D eigenvalue weighted by Gasteiger charge is 2.20. The number of nitrogens with zero attached hydrogens (tertiary/aromatic N) is 2. The summed E-state index contributed by atoms with van der Waals surface area (Å²) in [7, 11) is 0. The zero-order valence-electron chi connectivity index (χ0n) is 18.2. The summed E-state index contributed by atoms with van der Waals surface area (Å²) in [5.74, 6) is 0. The molecule has 7 rings (SSSR count). The van der Waals surface area contributed by atoms with Crippen LogP contribution in [0.3, 0.4) is 0 Å². The van der Waals surface area contributed by atoms with E-state index in [9.17, 15) is 5.26 Å². The smallest absolute Gasteiger partial charge is 0.0998 e. The number of rotatable bonds is 2. The topological polar surface area (TPSA) is 28.7 Å². The minimum absolute atomic E-state index is 0.683. The summed E-state index contributed by atoms with van der Waals surface area (Å²) in [4.78, 5) is 0. The molecule has 0 unspecified atom stereocenters. The number of para-hydroxylation sites is 2. The monoisotopic (exact) mass is 450 g/mol. The van der Waals surface area contributed by atoms with Crippen LogP contribution in [0.25, 0.3) is 58.8 Å². The van der Waals surface area contributed by atoms with Gasteiger partial charge in [0.15, 0.2) is 0 Å². The standard InChI is InChI=1S/C31H18N2S/c32-19-20-9-7-16-27(33-25-14-4-1-10-21(25)22-11-2-5-15-26(22)33)30(20)24-13-8-18-29-31(24)23-12-3-6-17-28(23)34-29/h1-18H. The molecule has 0 saturated carbocycles. The largest absolute Gasteiger partial charge is 0.309 e. The molecule has 7 aromatic rings. The predicted molar refractivity (Wildman–Crippen MR) is 144 cm³/mol. The molecule has 0 aliphatic carbocycles. The Hall–Kier alpha value is -4.39. The van der Waals surface area contributed by atoms with Crippen molar-refractivity contribution < 1.29 is 0 Å². The maximum Gasteiger partial charge on any atom is 0.0998 e. The van der Waals surface area contributed by atoms with Crippen molar-refractivity contribution in [1.82, 2.24) is 4.57 Å². The van der Waals surface area contributed by atoms with E-state index in [1.165, 1.54) is 30.9 Å². The van der Waals surface area contributed by atoms with Gasteiger partial charge in [0.2, 0.25) is 0 Å². The summed E-state index contributed by atoms with van der Waals surface area (Å²) in [5, 5.41) is 15.1. The molecular weight excluding hydrogens is 432 g/mol. The highest BCUT2D eigenvalue weighted by molar-refractivity contribution is 7.25. The number of aromatic nitrogens is 1. The van der Waals surface area contributed by atoms with E-state index in [1.807, 2.05) is 12.1 Å². The highest BCUT2D eigenvalue weighted by Crippen LogP contribution is 2.44. The van der Waals surface area contributed by atoms with Gasteiger partial charge in [-0.2, -0.15) is 5.26 Å². The first-order valence-corrected chi connectivity index (χ1v) is 12.1. The highest BCUT2D eigenvalue weighted by atomic mass is 32.1. The third-order valence-corrected chi connectivity index (χ3v) is 7.79. The average molecular weight is 451 g/mol.